The number of fused-ring (bicyclic) bond motifs is 1. The summed E-state index contributed by atoms with van der Waals surface area (Å²) in [7, 11) is 1.71. The van der Waals surface area contributed by atoms with E-state index in [0.29, 0.717) is 12.0 Å². The van der Waals surface area contributed by atoms with E-state index in [4.69, 9.17) is 5.73 Å². The van der Waals surface area contributed by atoms with Crippen LogP contribution in [0.2, 0.25) is 0 Å². The van der Waals surface area contributed by atoms with Gasteiger partial charge in [-0.25, -0.2) is 0 Å². The molecule has 0 radical (unpaired) electrons. The highest BCUT2D eigenvalue weighted by molar-refractivity contribution is 5.78. The second-order valence-electron chi connectivity index (χ2n) is 5.38. The minimum absolute atomic E-state index is 0.366. The number of guanidine groups is 1. The van der Waals surface area contributed by atoms with Crippen molar-refractivity contribution in [2.75, 3.05) is 7.05 Å². The molecule has 1 aromatic carbocycles. The van der Waals surface area contributed by atoms with E-state index in [1.54, 1.807) is 7.05 Å². The first-order chi connectivity index (χ1) is 11.3. The van der Waals surface area contributed by atoms with Crippen LogP contribution in [-0.4, -0.2) is 24.0 Å². The molecule has 0 bridgehead atoms. The molecule has 0 saturated heterocycles. The first-order valence-electron chi connectivity index (χ1n) is 8.28. The van der Waals surface area contributed by atoms with Crippen LogP contribution >= 0.6 is 0 Å². The van der Waals surface area contributed by atoms with Crippen LogP contribution in [0.25, 0.3) is 11.1 Å². The van der Waals surface area contributed by atoms with Gasteiger partial charge in [0.15, 0.2) is 5.96 Å². The van der Waals surface area contributed by atoms with Gasteiger partial charge in [0.05, 0.1) is 0 Å². The lowest BCUT2D eigenvalue weighted by Gasteiger charge is -2.27. The molecule has 0 saturated carbocycles. The average Bonchev–Trinajstić information content (AvgIpc) is 2.63. The number of hydrogen-bond acceptors (Lipinski definition) is 2. The maximum absolute atomic E-state index is 5.78. The van der Waals surface area contributed by atoms with Crippen molar-refractivity contribution in [3.63, 3.8) is 0 Å². The molecule has 3 rings (SSSR count). The summed E-state index contributed by atoms with van der Waals surface area (Å²) in [5.74, 6) is 0.520. The zero-order valence-corrected chi connectivity index (χ0v) is 14.2. The number of aromatic nitrogens is 1. The number of nitrogens with two attached hydrogens (primary N) is 1. The molecule has 1 heterocycles. The molecule has 0 fully saturated rings. The molecule has 122 valence electrons. The summed E-state index contributed by atoms with van der Waals surface area (Å²) in [6.45, 7) is 4.00. The molecule has 1 aliphatic rings. The Kier molecular flexibility index (Phi) is 6.15. The van der Waals surface area contributed by atoms with Gasteiger partial charge in [-0.05, 0) is 42.0 Å². The third kappa shape index (κ3) is 4.09. The smallest absolute Gasteiger partial charge is 0.188 e. The van der Waals surface area contributed by atoms with Crippen molar-refractivity contribution in [3.05, 3.63) is 53.9 Å². The second kappa shape index (κ2) is 8.32. The van der Waals surface area contributed by atoms with Crippen LogP contribution in [0.3, 0.4) is 0 Å². The van der Waals surface area contributed by atoms with Gasteiger partial charge in [-0.15, -0.1) is 0 Å². The Hall–Kier alpha value is -2.36. The van der Waals surface area contributed by atoms with E-state index in [2.05, 4.69) is 39.6 Å². The van der Waals surface area contributed by atoms with Gasteiger partial charge in [-0.2, -0.15) is 0 Å². The predicted octanol–water partition coefficient (Wildman–Crippen LogP) is 3.17. The van der Waals surface area contributed by atoms with Gasteiger partial charge in [0.1, 0.15) is 0 Å². The highest BCUT2D eigenvalue weighted by atomic mass is 15.1. The number of benzene rings is 1. The van der Waals surface area contributed by atoms with Crippen LogP contribution in [0.1, 0.15) is 31.4 Å². The molecule has 4 nitrogen and oxygen atoms in total. The summed E-state index contributed by atoms with van der Waals surface area (Å²) < 4.78 is 0. The van der Waals surface area contributed by atoms with E-state index in [1.165, 1.54) is 22.3 Å². The van der Waals surface area contributed by atoms with Crippen LogP contribution in [-0.2, 0) is 12.8 Å². The topological polar surface area (TPSA) is 63.3 Å². The van der Waals surface area contributed by atoms with Gasteiger partial charge in [0.25, 0.3) is 0 Å². The Morgan fingerprint density at radius 1 is 1.26 bits per heavy atom. The van der Waals surface area contributed by atoms with E-state index in [-0.39, 0.29) is 0 Å². The van der Waals surface area contributed by atoms with Crippen LogP contribution in [0.5, 0.6) is 0 Å². The third-order valence-corrected chi connectivity index (χ3v) is 4.05. The highest BCUT2D eigenvalue weighted by Crippen LogP contribution is 2.31. The van der Waals surface area contributed by atoms with Crippen molar-refractivity contribution in [2.24, 2.45) is 10.7 Å². The minimum Gasteiger partial charge on any atom is -0.370 e. The van der Waals surface area contributed by atoms with Crippen LogP contribution in [0, 0.1) is 0 Å². The van der Waals surface area contributed by atoms with Crippen molar-refractivity contribution in [1.29, 1.82) is 0 Å². The largest absolute Gasteiger partial charge is 0.370 e. The first-order valence-corrected chi connectivity index (χ1v) is 8.28. The SMILES string of the molecule is CC.CN=C(N)NC1CCc2c(cccc2-c2cccnc2)C1. The Balaban J connectivity index is 0.000000924. The lowest BCUT2D eigenvalue weighted by molar-refractivity contribution is 0.527. The quantitative estimate of drug-likeness (QED) is 0.661. The molecular formula is C19H26N4. The maximum atomic E-state index is 5.78. The molecular weight excluding hydrogens is 284 g/mol. The summed E-state index contributed by atoms with van der Waals surface area (Å²) in [5.41, 5.74) is 11.1. The summed E-state index contributed by atoms with van der Waals surface area (Å²) in [6.07, 6.45) is 6.85. The van der Waals surface area contributed by atoms with Crippen molar-refractivity contribution in [2.45, 2.75) is 39.2 Å². The summed E-state index contributed by atoms with van der Waals surface area (Å²) in [5, 5.41) is 3.28. The Labute approximate surface area is 138 Å². The Morgan fingerprint density at radius 2 is 2.09 bits per heavy atom. The number of pyridine rings is 1. The van der Waals surface area contributed by atoms with Crippen molar-refractivity contribution < 1.29 is 0 Å². The zero-order valence-electron chi connectivity index (χ0n) is 14.2. The van der Waals surface area contributed by atoms with Gasteiger partial charge >= 0.3 is 0 Å². The fraction of sp³-hybridized carbons (Fsp3) is 0.368. The maximum Gasteiger partial charge on any atom is 0.188 e. The van der Waals surface area contributed by atoms with E-state index >= 15 is 0 Å². The molecule has 1 atom stereocenters. The number of nitrogens with one attached hydrogen (secondary N) is 1. The molecule has 23 heavy (non-hydrogen) atoms. The summed E-state index contributed by atoms with van der Waals surface area (Å²) in [6, 6.07) is 11.0. The van der Waals surface area contributed by atoms with Gasteiger partial charge in [-0.1, -0.05) is 38.1 Å². The van der Waals surface area contributed by atoms with E-state index in [1.807, 2.05) is 32.3 Å². The molecule has 1 aromatic heterocycles. The second-order valence-corrected chi connectivity index (χ2v) is 5.38. The minimum atomic E-state index is 0.366. The third-order valence-electron chi connectivity index (χ3n) is 4.05. The normalized spacial score (nSPS) is 16.8. The monoisotopic (exact) mass is 310 g/mol. The van der Waals surface area contributed by atoms with Crippen LogP contribution in [0.4, 0.5) is 0 Å². The fourth-order valence-electron chi connectivity index (χ4n) is 3.00. The summed E-state index contributed by atoms with van der Waals surface area (Å²) in [4.78, 5) is 8.21. The molecule has 0 amide bonds. The predicted molar refractivity (Wildman–Crippen MR) is 97.5 cm³/mol. The van der Waals surface area contributed by atoms with E-state index in [0.717, 1.165) is 19.3 Å². The molecule has 2 aromatic rings. The standard InChI is InChI=1S/C17H20N4.C2H6/c1-19-17(18)21-14-7-8-16-12(10-14)4-2-6-15(16)13-5-3-9-20-11-13;1-2/h2-6,9,11,14H,7-8,10H2,1H3,(H3,18,19,21);1-2H3. The number of rotatable bonds is 2. The molecule has 4 heteroatoms. The molecule has 3 N–H and O–H groups in total. The average molecular weight is 310 g/mol. The highest BCUT2D eigenvalue weighted by Gasteiger charge is 2.21. The van der Waals surface area contributed by atoms with Crippen molar-refractivity contribution in [3.8, 4) is 11.1 Å². The molecule has 0 spiro atoms. The van der Waals surface area contributed by atoms with Crippen LogP contribution in [0.15, 0.2) is 47.7 Å². The molecule has 1 aliphatic carbocycles. The summed E-state index contributed by atoms with van der Waals surface area (Å²) >= 11 is 0. The zero-order chi connectivity index (χ0) is 16.7. The van der Waals surface area contributed by atoms with Gasteiger partial charge in [-0.3, -0.25) is 9.98 Å². The van der Waals surface area contributed by atoms with E-state index in [9.17, 15) is 0 Å². The number of aliphatic imine (C=N–C) groups is 1. The lowest BCUT2D eigenvalue weighted by Crippen LogP contribution is -2.42. The van der Waals surface area contributed by atoms with Crippen molar-refractivity contribution in [1.82, 2.24) is 10.3 Å². The van der Waals surface area contributed by atoms with E-state index < -0.39 is 0 Å². The van der Waals surface area contributed by atoms with Gasteiger partial charge in [0.2, 0.25) is 0 Å². The lowest BCUT2D eigenvalue weighted by atomic mass is 9.84. The Morgan fingerprint density at radius 3 is 2.78 bits per heavy atom. The van der Waals surface area contributed by atoms with Crippen molar-refractivity contribution >= 4 is 5.96 Å². The van der Waals surface area contributed by atoms with Gasteiger partial charge in [0, 0.05) is 31.0 Å². The van der Waals surface area contributed by atoms with Gasteiger partial charge < -0.3 is 11.1 Å². The molecule has 1 unspecified atom stereocenters. The fourth-order valence-corrected chi connectivity index (χ4v) is 3.00. The Bertz CT molecular complexity index is 650. The number of hydrogen-bond donors (Lipinski definition) is 2. The van der Waals surface area contributed by atoms with Crippen LogP contribution < -0.4 is 11.1 Å². The first kappa shape index (κ1) is 17.0. The molecule has 0 aliphatic heterocycles. The number of nitrogens with zero attached hydrogens (tertiary/aromatic N) is 2.